The molecule has 1 aliphatic rings. The molecule has 8 heteroatoms. The number of amides is 1. The van der Waals surface area contributed by atoms with Gasteiger partial charge >= 0.3 is 0 Å². The summed E-state index contributed by atoms with van der Waals surface area (Å²) in [6, 6.07) is 14.9. The Hall–Kier alpha value is -3.36. The van der Waals surface area contributed by atoms with Crippen molar-refractivity contribution in [3.63, 3.8) is 0 Å². The van der Waals surface area contributed by atoms with Crippen LogP contribution in [0.1, 0.15) is 27.7 Å². The maximum Gasteiger partial charge on any atom is 0.273 e. The molecule has 0 spiro atoms. The zero-order valence-corrected chi connectivity index (χ0v) is 17.9. The maximum absolute atomic E-state index is 13.3. The van der Waals surface area contributed by atoms with Crippen molar-refractivity contribution in [1.82, 2.24) is 15.1 Å². The van der Waals surface area contributed by atoms with E-state index in [1.54, 1.807) is 33.3 Å². The summed E-state index contributed by atoms with van der Waals surface area (Å²) in [5, 5.41) is 7.42. The molecular formula is C23H25N3O5. The predicted octanol–water partition coefficient (Wildman–Crippen LogP) is 3.26. The van der Waals surface area contributed by atoms with Crippen LogP contribution in [0.15, 0.2) is 48.5 Å². The van der Waals surface area contributed by atoms with Crippen molar-refractivity contribution in [3.8, 4) is 22.8 Å². The summed E-state index contributed by atoms with van der Waals surface area (Å²) in [7, 11) is 6.36. The highest BCUT2D eigenvalue weighted by Crippen LogP contribution is 2.43. The maximum atomic E-state index is 13.3. The van der Waals surface area contributed by atoms with E-state index >= 15 is 0 Å². The molecule has 2 heterocycles. The topological polar surface area (TPSA) is 85.9 Å². The fraction of sp³-hybridized carbons (Fsp3) is 0.304. The van der Waals surface area contributed by atoms with E-state index in [1.807, 2.05) is 48.5 Å². The normalized spacial score (nSPS) is 15.5. The van der Waals surface area contributed by atoms with Crippen LogP contribution in [0.3, 0.4) is 0 Å². The van der Waals surface area contributed by atoms with Gasteiger partial charge in [0.05, 0.1) is 32.5 Å². The minimum absolute atomic E-state index is 0.151. The van der Waals surface area contributed by atoms with Crippen LogP contribution in [0.2, 0.25) is 0 Å². The van der Waals surface area contributed by atoms with E-state index in [-0.39, 0.29) is 18.5 Å². The number of fused-ring (bicyclic) bond motifs is 1. The number of aromatic amines is 1. The molecule has 0 radical (unpaired) electrons. The van der Waals surface area contributed by atoms with Gasteiger partial charge in [0.15, 0.2) is 6.29 Å². The molecule has 0 saturated carbocycles. The third kappa shape index (κ3) is 3.75. The van der Waals surface area contributed by atoms with Crippen molar-refractivity contribution in [2.45, 2.75) is 12.3 Å². The molecule has 1 aromatic heterocycles. The molecule has 8 nitrogen and oxygen atoms in total. The molecule has 31 heavy (non-hydrogen) atoms. The largest absolute Gasteiger partial charge is 0.497 e. The van der Waals surface area contributed by atoms with Crippen LogP contribution in [-0.4, -0.2) is 62.3 Å². The fourth-order valence-corrected chi connectivity index (χ4v) is 3.89. The minimum Gasteiger partial charge on any atom is -0.497 e. The van der Waals surface area contributed by atoms with Crippen molar-refractivity contribution < 1.29 is 23.7 Å². The Morgan fingerprint density at radius 2 is 1.52 bits per heavy atom. The molecule has 162 valence electrons. The lowest BCUT2D eigenvalue weighted by molar-refractivity contribution is -0.113. The summed E-state index contributed by atoms with van der Waals surface area (Å²) in [4.78, 5) is 15.1. The number of benzene rings is 2. The molecule has 1 unspecified atom stereocenters. The Labute approximate surface area is 180 Å². The second kappa shape index (κ2) is 8.79. The van der Waals surface area contributed by atoms with E-state index in [1.165, 1.54) is 0 Å². The van der Waals surface area contributed by atoms with E-state index < -0.39 is 6.29 Å². The molecule has 1 N–H and O–H groups in total. The molecular weight excluding hydrogens is 398 g/mol. The van der Waals surface area contributed by atoms with Crippen LogP contribution < -0.4 is 9.47 Å². The lowest BCUT2D eigenvalue weighted by Crippen LogP contribution is -2.38. The van der Waals surface area contributed by atoms with Gasteiger partial charge in [-0.25, -0.2) is 0 Å². The number of aromatic nitrogens is 2. The first-order chi connectivity index (χ1) is 15.1. The number of nitrogens with zero attached hydrogens (tertiary/aromatic N) is 2. The highest BCUT2D eigenvalue weighted by atomic mass is 16.7. The molecule has 0 fully saturated rings. The van der Waals surface area contributed by atoms with Gasteiger partial charge in [-0.3, -0.25) is 9.89 Å². The zero-order valence-electron chi connectivity index (χ0n) is 17.9. The average molecular weight is 423 g/mol. The van der Waals surface area contributed by atoms with Gasteiger partial charge in [-0.1, -0.05) is 12.1 Å². The summed E-state index contributed by atoms with van der Waals surface area (Å²) >= 11 is 0. The number of ether oxygens (including phenoxy) is 4. The molecule has 3 aromatic rings. The molecule has 0 saturated heterocycles. The van der Waals surface area contributed by atoms with E-state index in [0.717, 1.165) is 33.9 Å². The smallest absolute Gasteiger partial charge is 0.273 e. The van der Waals surface area contributed by atoms with Crippen molar-refractivity contribution in [3.05, 3.63) is 65.4 Å². The monoisotopic (exact) mass is 423 g/mol. The summed E-state index contributed by atoms with van der Waals surface area (Å²) in [6.07, 6.45) is -0.550. The second-order valence-corrected chi connectivity index (χ2v) is 7.12. The van der Waals surface area contributed by atoms with Crippen molar-refractivity contribution in [2.24, 2.45) is 0 Å². The quantitative estimate of drug-likeness (QED) is 0.560. The first-order valence-electron chi connectivity index (χ1n) is 9.84. The van der Waals surface area contributed by atoms with E-state index in [4.69, 9.17) is 18.9 Å². The molecule has 1 aliphatic heterocycles. The predicted molar refractivity (Wildman–Crippen MR) is 114 cm³/mol. The van der Waals surface area contributed by atoms with E-state index in [2.05, 4.69) is 10.2 Å². The Kier molecular flexibility index (Phi) is 5.92. The lowest BCUT2D eigenvalue weighted by atomic mass is 9.96. The Bertz CT molecular complexity index is 1040. The molecule has 1 atom stereocenters. The van der Waals surface area contributed by atoms with Gasteiger partial charge < -0.3 is 23.8 Å². The van der Waals surface area contributed by atoms with Crippen LogP contribution in [0.25, 0.3) is 11.3 Å². The Morgan fingerprint density at radius 3 is 2.06 bits per heavy atom. The van der Waals surface area contributed by atoms with Crippen LogP contribution in [0.4, 0.5) is 0 Å². The van der Waals surface area contributed by atoms with Gasteiger partial charge in [-0.05, 0) is 42.0 Å². The number of hydrogen-bond donors (Lipinski definition) is 1. The summed E-state index contributed by atoms with van der Waals surface area (Å²) < 4.78 is 21.3. The third-order valence-electron chi connectivity index (χ3n) is 5.53. The zero-order chi connectivity index (χ0) is 22.0. The first-order valence-corrected chi connectivity index (χ1v) is 9.84. The Morgan fingerprint density at radius 1 is 0.935 bits per heavy atom. The van der Waals surface area contributed by atoms with E-state index in [9.17, 15) is 4.79 Å². The lowest BCUT2D eigenvalue weighted by Gasteiger charge is -2.29. The van der Waals surface area contributed by atoms with Crippen molar-refractivity contribution in [1.29, 1.82) is 0 Å². The van der Waals surface area contributed by atoms with Gasteiger partial charge in [0.2, 0.25) is 0 Å². The molecule has 0 bridgehead atoms. The highest BCUT2D eigenvalue weighted by Gasteiger charge is 2.43. The van der Waals surface area contributed by atoms with Crippen LogP contribution in [0, 0.1) is 0 Å². The number of rotatable bonds is 8. The molecule has 2 aromatic carbocycles. The minimum atomic E-state index is -0.550. The fourth-order valence-electron chi connectivity index (χ4n) is 3.89. The van der Waals surface area contributed by atoms with Crippen LogP contribution in [0.5, 0.6) is 11.5 Å². The van der Waals surface area contributed by atoms with Crippen molar-refractivity contribution >= 4 is 5.91 Å². The average Bonchev–Trinajstić information content (AvgIpc) is 3.36. The van der Waals surface area contributed by atoms with Gasteiger partial charge in [0.1, 0.15) is 17.2 Å². The van der Waals surface area contributed by atoms with Gasteiger partial charge in [-0.15, -0.1) is 0 Å². The Balaban J connectivity index is 1.81. The van der Waals surface area contributed by atoms with Gasteiger partial charge in [0, 0.05) is 25.3 Å². The summed E-state index contributed by atoms with van der Waals surface area (Å²) in [6.45, 7) is 0.271. The number of methoxy groups -OCH3 is 4. The molecule has 4 rings (SSSR count). The number of nitrogens with one attached hydrogen (secondary N) is 1. The molecule has 0 aliphatic carbocycles. The number of carbonyl (C=O) groups excluding carboxylic acids is 1. The van der Waals surface area contributed by atoms with Crippen molar-refractivity contribution in [2.75, 3.05) is 35.0 Å². The third-order valence-corrected chi connectivity index (χ3v) is 5.53. The highest BCUT2D eigenvalue weighted by molar-refractivity contribution is 6.00. The second-order valence-electron chi connectivity index (χ2n) is 7.12. The van der Waals surface area contributed by atoms with Crippen LogP contribution >= 0.6 is 0 Å². The SMILES string of the molecule is COc1ccc(-c2n[nH]c3c2C(c2ccc(OC)cc2)N(CC(OC)OC)C3=O)cc1. The number of carbonyl (C=O) groups is 1. The van der Waals surface area contributed by atoms with E-state index in [0.29, 0.717) is 5.69 Å². The molecule has 1 amide bonds. The van der Waals surface area contributed by atoms with Gasteiger partial charge in [0.25, 0.3) is 5.91 Å². The first kappa shape index (κ1) is 20.9. The summed E-state index contributed by atoms with van der Waals surface area (Å²) in [5.41, 5.74) is 3.85. The number of H-pyrrole nitrogens is 1. The van der Waals surface area contributed by atoms with Crippen LogP contribution in [-0.2, 0) is 9.47 Å². The standard InChI is InChI=1S/C23H25N3O5/c1-28-16-9-5-14(6-10-16)20-19-21(25-24-20)23(27)26(13-18(30-3)31-4)22(19)15-7-11-17(29-2)12-8-15/h5-12,18,22H,13H2,1-4H3,(H,24,25). The summed E-state index contributed by atoms with van der Waals surface area (Å²) in [5.74, 6) is 1.35. The van der Waals surface area contributed by atoms with Gasteiger partial charge in [-0.2, -0.15) is 5.10 Å². The number of hydrogen-bond acceptors (Lipinski definition) is 6.